The lowest BCUT2D eigenvalue weighted by Crippen LogP contribution is -2.36. The Morgan fingerprint density at radius 1 is 1.20 bits per heavy atom. The van der Waals surface area contributed by atoms with Gasteiger partial charge in [-0.3, -0.25) is 9.00 Å². The van der Waals surface area contributed by atoms with Crippen LogP contribution >= 0.6 is 0 Å². The summed E-state index contributed by atoms with van der Waals surface area (Å²) < 4.78 is 30.4. The summed E-state index contributed by atoms with van der Waals surface area (Å²) in [5.74, 6) is -0.553. The molecule has 0 saturated carbocycles. The Hall–Kier alpha value is -2.05. The second kappa shape index (κ2) is 7.89. The summed E-state index contributed by atoms with van der Waals surface area (Å²) in [7, 11) is -1.08. The van der Waals surface area contributed by atoms with E-state index in [1.165, 1.54) is 12.1 Å². The van der Waals surface area contributed by atoms with Crippen molar-refractivity contribution in [1.82, 2.24) is 5.32 Å². The fraction of sp³-hybridized carbons (Fsp3) is 0.316. The van der Waals surface area contributed by atoms with E-state index in [2.05, 4.69) is 5.32 Å². The third-order valence-electron chi connectivity index (χ3n) is 4.30. The standard InChI is InChI=1S/C19H20FNO3S/c1-25(23)16-10-6-14(7-11-16)19(22)21-18(17-3-2-12-24-17)13-4-8-15(20)9-5-13/h4-11,17-18H,2-3,12H2,1H3,(H,21,22)/t17-,18+,25+/m0/s1. The first kappa shape index (κ1) is 17.8. The fourth-order valence-electron chi connectivity index (χ4n) is 2.95. The topological polar surface area (TPSA) is 55.4 Å². The molecular weight excluding hydrogens is 341 g/mol. The van der Waals surface area contributed by atoms with Gasteiger partial charge in [-0.25, -0.2) is 4.39 Å². The van der Waals surface area contributed by atoms with Crippen molar-refractivity contribution in [1.29, 1.82) is 0 Å². The minimum atomic E-state index is -1.08. The number of hydrogen-bond acceptors (Lipinski definition) is 3. The van der Waals surface area contributed by atoms with Crippen molar-refractivity contribution in [3.05, 3.63) is 65.5 Å². The molecule has 132 valence electrons. The van der Waals surface area contributed by atoms with Crippen LogP contribution < -0.4 is 5.32 Å². The Morgan fingerprint density at radius 3 is 2.44 bits per heavy atom. The van der Waals surface area contributed by atoms with Crippen LogP contribution in [0.3, 0.4) is 0 Å². The van der Waals surface area contributed by atoms with Gasteiger partial charge in [0.25, 0.3) is 5.91 Å². The lowest BCUT2D eigenvalue weighted by molar-refractivity contribution is 0.0672. The van der Waals surface area contributed by atoms with Gasteiger partial charge in [0.1, 0.15) is 5.82 Å². The molecule has 2 aromatic rings. The molecule has 0 unspecified atom stereocenters. The van der Waals surface area contributed by atoms with Gasteiger partial charge >= 0.3 is 0 Å². The monoisotopic (exact) mass is 361 g/mol. The van der Waals surface area contributed by atoms with Crippen molar-refractivity contribution in [2.24, 2.45) is 0 Å². The van der Waals surface area contributed by atoms with E-state index < -0.39 is 10.8 Å². The number of carbonyl (C=O) groups excluding carboxylic acids is 1. The van der Waals surface area contributed by atoms with Crippen molar-refractivity contribution in [2.45, 2.75) is 29.9 Å². The molecule has 4 nitrogen and oxygen atoms in total. The number of nitrogens with one attached hydrogen (secondary N) is 1. The maximum atomic E-state index is 13.2. The highest BCUT2D eigenvalue weighted by molar-refractivity contribution is 7.84. The van der Waals surface area contributed by atoms with Crippen LogP contribution in [0.4, 0.5) is 4.39 Å². The molecule has 1 heterocycles. The highest BCUT2D eigenvalue weighted by Crippen LogP contribution is 2.27. The predicted octanol–water partition coefficient (Wildman–Crippen LogP) is 3.21. The molecule has 1 N–H and O–H groups in total. The molecule has 0 spiro atoms. The van der Waals surface area contributed by atoms with E-state index in [0.717, 1.165) is 18.4 Å². The van der Waals surface area contributed by atoms with Crippen LogP contribution in [0.15, 0.2) is 53.4 Å². The number of carbonyl (C=O) groups is 1. The van der Waals surface area contributed by atoms with E-state index in [1.807, 2.05) is 0 Å². The highest BCUT2D eigenvalue weighted by Gasteiger charge is 2.29. The summed E-state index contributed by atoms with van der Waals surface area (Å²) in [5, 5.41) is 3.00. The maximum absolute atomic E-state index is 13.2. The minimum Gasteiger partial charge on any atom is -0.376 e. The predicted molar refractivity (Wildman–Crippen MR) is 94.4 cm³/mol. The SMILES string of the molecule is C[S@@](=O)c1ccc(C(=O)N[C@H](c2ccc(F)cc2)[C@@H]2CCCO2)cc1. The van der Waals surface area contributed by atoms with Gasteiger partial charge in [-0.15, -0.1) is 0 Å². The molecule has 3 atom stereocenters. The number of halogens is 1. The van der Waals surface area contributed by atoms with Gasteiger partial charge in [-0.2, -0.15) is 0 Å². The molecule has 0 radical (unpaired) electrons. The summed E-state index contributed by atoms with van der Waals surface area (Å²) in [6, 6.07) is 12.5. The van der Waals surface area contributed by atoms with Crippen LogP contribution in [0.1, 0.15) is 34.8 Å². The summed E-state index contributed by atoms with van der Waals surface area (Å²) in [6.45, 7) is 0.662. The molecule has 1 aliphatic rings. The Labute approximate surface area is 148 Å². The zero-order valence-corrected chi connectivity index (χ0v) is 14.7. The molecule has 1 fully saturated rings. The first-order valence-electron chi connectivity index (χ1n) is 8.16. The minimum absolute atomic E-state index is 0.128. The van der Waals surface area contributed by atoms with Gasteiger partial charge in [0.2, 0.25) is 0 Å². The third kappa shape index (κ3) is 4.32. The van der Waals surface area contributed by atoms with E-state index in [9.17, 15) is 13.4 Å². The van der Waals surface area contributed by atoms with Crippen molar-refractivity contribution in [3.8, 4) is 0 Å². The van der Waals surface area contributed by atoms with Gasteiger partial charge in [0, 0.05) is 34.1 Å². The second-order valence-electron chi connectivity index (χ2n) is 6.03. The first-order chi connectivity index (χ1) is 12.0. The largest absolute Gasteiger partial charge is 0.376 e. The van der Waals surface area contributed by atoms with Crippen LogP contribution in [-0.2, 0) is 15.5 Å². The Morgan fingerprint density at radius 2 is 1.88 bits per heavy atom. The van der Waals surface area contributed by atoms with E-state index >= 15 is 0 Å². The Bertz CT molecular complexity index is 755. The van der Waals surface area contributed by atoms with Crippen LogP contribution in [-0.4, -0.2) is 29.1 Å². The number of rotatable bonds is 5. The van der Waals surface area contributed by atoms with Crippen molar-refractivity contribution in [3.63, 3.8) is 0 Å². The van der Waals surface area contributed by atoms with Gasteiger partial charge in [-0.1, -0.05) is 12.1 Å². The normalized spacial score (nSPS) is 19.4. The fourth-order valence-corrected chi connectivity index (χ4v) is 3.47. The van der Waals surface area contributed by atoms with Crippen LogP contribution in [0.2, 0.25) is 0 Å². The molecule has 0 bridgehead atoms. The molecule has 0 aliphatic carbocycles. The van der Waals surface area contributed by atoms with Gasteiger partial charge < -0.3 is 10.1 Å². The van der Waals surface area contributed by atoms with E-state index in [4.69, 9.17) is 4.74 Å². The van der Waals surface area contributed by atoms with Crippen LogP contribution in [0, 0.1) is 5.82 Å². The Kier molecular flexibility index (Phi) is 5.60. The molecule has 0 aromatic heterocycles. The molecule has 1 aliphatic heterocycles. The molecule has 25 heavy (non-hydrogen) atoms. The molecule has 3 rings (SSSR count). The summed E-state index contributed by atoms with van der Waals surface area (Å²) >= 11 is 0. The molecule has 2 aromatic carbocycles. The van der Waals surface area contributed by atoms with Crippen molar-refractivity contribution < 1.29 is 18.1 Å². The maximum Gasteiger partial charge on any atom is 0.251 e. The van der Waals surface area contributed by atoms with E-state index in [-0.39, 0.29) is 23.9 Å². The van der Waals surface area contributed by atoms with Crippen LogP contribution in [0.25, 0.3) is 0 Å². The van der Waals surface area contributed by atoms with Gasteiger partial charge in [0.05, 0.1) is 12.1 Å². The quantitative estimate of drug-likeness (QED) is 0.890. The van der Waals surface area contributed by atoms with Gasteiger partial charge in [-0.05, 0) is 54.8 Å². The lowest BCUT2D eigenvalue weighted by Gasteiger charge is -2.25. The molecule has 1 amide bonds. The first-order valence-corrected chi connectivity index (χ1v) is 9.72. The lowest BCUT2D eigenvalue weighted by atomic mass is 9.98. The van der Waals surface area contributed by atoms with Crippen molar-refractivity contribution in [2.75, 3.05) is 12.9 Å². The molecule has 6 heteroatoms. The number of amides is 1. The third-order valence-corrected chi connectivity index (χ3v) is 5.24. The molecule has 1 saturated heterocycles. The summed E-state index contributed by atoms with van der Waals surface area (Å²) in [4.78, 5) is 13.3. The number of benzene rings is 2. The van der Waals surface area contributed by atoms with E-state index in [1.54, 1.807) is 42.7 Å². The summed E-state index contributed by atoms with van der Waals surface area (Å²) in [5.41, 5.74) is 1.30. The van der Waals surface area contributed by atoms with Gasteiger partial charge in [0.15, 0.2) is 0 Å². The average molecular weight is 361 g/mol. The van der Waals surface area contributed by atoms with E-state index in [0.29, 0.717) is 17.1 Å². The highest BCUT2D eigenvalue weighted by atomic mass is 32.2. The summed E-state index contributed by atoms with van der Waals surface area (Å²) in [6.07, 6.45) is 3.25. The number of ether oxygens (including phenoxy) is 1. The number of hydrogen-bond donors (Lipinski definition) is 1. The smallest absolute Gasteiger partial charge is 0.251 e. The van der Waals surface area contributed by atoms with Crippen LogP contribution in [0.5, 0.6) is 0 Å². The second-order valence-corrected chi connectivity index (χ2v) is 7.41. The average Bonchev–Trinajstić information content (AvgIpc) is 3.15. The Balaban J connectivity index is 1.80. The molecular formula is C19H20FNO3S. The zero-order chi connectivity index (χ0) is 17.8. The van der Waals surface area contributed by atoms with Crippen molar-refractivity contribution >= 4 is 16.7 Å². The zero-order valence-electron chi connectivity index (χ0n) is 13.9.